The smallest absolute Gasteiger partial charge is 0.251 e. The van der Waals surface area contributed by atoms with Crippen LogP contribution in [-0.4, -0.2) is 34.9 Å². The fraction of sp³-hybridized carbons (Fsp3) is 0.409. The molecule has 0 radical (unpaired) electrons. The summed E-state index contributed by atoms with van der Waals surface area (Å²) < 4.78 is 19.1. The third-order valence-corrected chi connectivity index (χ3v) is 5.36. The maximum atomic E-state index is 13.5. The monoisotopic (exact) mass is 387 g/mol. The molecule has 2 aromatic rings. The quantitative estimate of drug-likeness (QED) is 0.678. The van der Waals surface area contributed by atoms with Gasteiger partial charge in [0, 0.05) is 12.1 Å². The van der Waals surface area contributed by atoms with Gasteiger partial charge in [0.1, 0.15) is 5.75 Å². The first-order chi connectivity index (χ1) is 13.5. The highest BCUT2D eigenvalue weighted by Gasteiger charge is 2.33. The number of halogens is 1. The fourth-order valence-electron chi connectivity index (χ4n) is 3.54. The standard InChI is InChI=1S/C22H26FNO4/c23-19-3-1-2-4-20(19)28-14-11-16-9-12-22(27,13-10-16)15-24-21(26)17-5-7-18(25)8-6-17/h1-8,16,25,27H,9-15H2,(H,24,26)/t16-,22-. The molecule has 0 spiro atoms. The number of phenolic OH excluding ortho intramolecular Hbond substituents is 1. The van der Waals surface area contributed by atoms with Gasteiger partial charge in [-0.15, -0.1) is 0 Å². The third kappa shape index (κ3) is 5.45. The van der Waals surface area contributed by atoms with Gasteiger partial charge in [-0.25, -0.2) is 4.39 Å². The molecule has 0 aliphatic heterocycles. The molecule has 1 fully saturated rings. The van der Waals surface area contributed by atoms with Gasteiger partial charge in [-0.2, -0.15) is 0 Å². The van der Waals surface area contributed by atoms with Crippen molar-refractivity contribution >= 4 is 5.91 Å². The van der Waals surface area contributed by atoms with Crippen molar-refractivity contribution in [1.29, 1.82) is 0 Å². The summed E-state index contributed by atoms with van der Waals surface area (Å²) in [5, 5.41) is 22.8. The van der Waals surface area contributed by atoms with Crippen molar-refractivity contribution in [3.63, 3.8) is 0 Å². The Morgan fingerprint density at radius 3 is 2.50 bits per heavy atom. The van der Waals surface area contributed by atoms with Gasteiger partial charge >= 0.3 is 0 Å². The number of carbonyl (C=O) groups is 1. The summed E-state index contributed by atoms with van der Waals surface area (Å²) in [5.41, 5.74) is -0.462. The number of hydrogen-bond donors (Lipinski definition) is 3. The molecule has 0 unspecified atom stereocenters. The molecule has 3 rings (SSSR count). The van der Waals surface area contributed by atoms with E-state index < -0.39 is 5.60 Å². The van der Waals surface area contributed by atoms with Crippen LogP contribution in [0.5, 0.6) is 11.5 Å². The van der Waals surface area contributed by atoms with Gasteiger partial charge in [-0.3, -0.25) is 4.79 Å². The van der Waals surface area contributed by atoms with Crippen molar-refractivity contribution in [3.8, 4) is 11.5 Å². The first-order valence-corrected chi connectivity index (χ1v) is 9.62. The number of nitrogens with one attached hydrogen (secondary N) is 1. The Balaban J connectivity index is 1.39. The molecule has 5 nitrogen and oxygen atoms in total. The molecular weight excluding hydrogens is 361 g/mol. The lowest BCUT2D eigenvalue weighted by Crippen LogP contribution is -2.45. The van der Waals surface area contributed by atoms with Crippen LogP contribution in [0.4, 0.5) is 4.39 Å². The van der Waals surface area contributed by atoms with Crippen molar-refractivity contribution in [2.45, 2.75) is 37.7 Å². The number of aliphatic hydroxyl groups is 1. The zero-order valence-corrected chi connectivity index (χ0v) is 15.7. The number of aromatic hydroxyl groups is 1. The van der Waals surface area contributed by atoms with Gasteiger partial charge in [-0.05, 0) is 74.4 Å². The van der Waals surface area contributed by atoms with Gasteiger partial charge < -0.3 is 20.3 Å². The molecule has 0 bridgehead atoms. The van der Waals surface area contributed by atoms with Gasteiger partial charge in [0.05, 0.1) is 12.2 Å². The minimum atomic E-state index is -0.907. The summed E-state index contributed by atoms with van der Waals surface area (Å²) in [5.74, 6) is 0.165. The van der Waals surface area contributed by atoms with Crippen LogP contribution in [0.15, 0.2) is 48.5 Å². The fourth-order valence-corrected chi connectivity index (χ4v) is 3.54. The maximum absolute atomic E-state index is 13.5. The van der Waals surface area contributed by atoms with E-state index in [9.17, 15) is 19.4 Å². The number of hydrogen-bond acceptors (Lipinski definition) is 4. The van der Waals surface area contributed by atoms with Gasteiger partial charge in [0.25, 0.3) is 5.91 Å². The second-order valence-corrected chi connectivity index (χ2v) is 7.46. The highest BCUT2D eigenvalue weighted by Crippen LogP contribution is 2.33. The summed E-state index contributed by atoms with van der Waals surface area (Å²) in [6.07, 6.45) is 3.70. The van der Waals surface area contributed by atoms with Crippen LogP contribution in [0.1, 0.15) is 42.5 Å². The summed E-state index contributed by atoms with van der Waals surface area (Å²) in [6, 6.07) is 12.4. The Bertz CT molecular complexity index is 785. The lowest BCUT2D eigenvalue weighted by atomic mass is 9.77. The van der Waals surface area contributed by atoms with Crippen LogP contribution in [0.25, 0.3) is 0 Å². The molecule has 150 valence electrons. The van der Waals surface area contributed by atoms with Gasteiger partial charge in [-0.1, -0.05) is 12.1 Å². The summed E-state index contributed by atoms with van der Waals surface area (Å²) >= 11 is 0. The Morgan fingerprint density at radius 2 is 1.82 bits per heavy atom. The van der Waals surface area contributed by atoms with Crippen molar-refractivity contribution in [1.82, 2.24) is 5.32 Å². The number of carbonyl (C=O) groups excluding carboxylic acids is 1. The second kappa shape index (κ2) is 9.06. The summed E-state index contributed by atoms with van der Waals surface area (Å²) in [7, 11) is 0. The Hall–Kier alpha value is -2.60. The molecule has 1 aliphatic carbocycles. The second-order valence-electron chi connectivity index (χ2n) is 7.46. The molecule has 0 heterocycles. The van der Waals surface area contributed by atoms with Crippen molar-refractivity contribution < 1.29 is 24.1 Å². The van der Waals surface area contributed by atoms with Crippen molar-refractivity contribution in [2.24, 2.45) is 5.92 Å². The summed E-state index contributed by atoms with van der Waals surface area (Å²) in [6.45, 7) is 0.646. The highest BCUT2D eigenvalue weighted by molar-refractivity contribution is 5.94. The lowest BCUT2D eigenvalue weighted by molar-refractivity contribution is -0.00980. The van der Waals surface area contributed by atoms with Crippen LogP contribution in [0.3, 0.4) is 0 Å². The van der Waals surface area contributed by atoms with E-state index in [-0.39, 0.29) is 29.8 Å². The molecule has 28 heavy (non-hydrogen) atoms. The molecule has 0 atom stereocenters. The zero-order valence-electron chi connectivity index (χ0n) is 15.7. The molecule has 1 saturated carbocycles. The Labute approximate surface area is 164 Å². The van der Waals surface area contributed by atoms with E-state index in [0.29, 0.717) is 30.9 Å². The summed E-state index contributed by atoms with van der Waals surface area (Å²) in [4.78, 5) is 12.2. The first kappa shape index (κ1) is 20.1. The van der Waals surface area contributed by atoms with Gasteiger partial charge in [0.15, 0.2) is 11.6 Å². The molecule has 2 aromatic carbocycles. The van der Waals surface area contributed by atoms with Crippen molar-refractivity contribution in [3.05, 3.63) is 59.9 Å². The molecule has 0 saturated heterocycles. The molecule has 6 heteroatoms. The van der Waals surface area contributed by atoms with Crippen LogP contribution in [0.2, 0.25) is 0 Å². The molecule has 1 aliphatic rings. The third-order valence-electron chi connectivity index (χ3n) is 5.36. The average Bonchev–Trinajstić information content (AvgIpc) is 2.70. The van der Waals surface area contributed by atoms with Gasteiger partial charge in [0.2, 0.25) is 0 Å². The first-order valence-electron chi connectivity index (χ1n) is 9.62. The zero-order chi connectivity index (χ0) is 20.0. The van der Waals surface area contributed by atoms with Crippen LogP contribution in [-0.2, 0) is 0 Å². The van der Waals surface area contributed by atoms with E-state index in [1.807, 2.05) is 0 Å². The molecule has 1 amide bonds. The number of phenols is 1. The highest BCUT2D eigenvalue weighted by atomic mass is 19.1. The molecule has 0 aromatic heterocycles. The minimum Gasteiger partial charge on any atom is -0.508 e. The number of benzene rings is 2. The normalized spacial score (nSPS) is 21.9. The number of ether oxygens (including phenoxy) is 1. The van der Waals surface area contributed by atoms with E-state index in [1.165, 1.54) is 18.2 Å². The Morgan fingerprint density at radius 1 is 1.14 bits per heavy atom. The molecule has 3 N–H and O–H groups in total. The van der Waals surface area contributed by atoms with E-state index in [1.54, 1.807) is 30.3 Å². The van der Waals surface area contributed by atoms with E-state index in [0.717, 1.165) is 19.3 Å². The number of rotatable bonds is 7. The number of para-hydroxylation sites is 1. The number of amides is 1. The predicted octanol–water partition coefficient (Wildman–Crippen LogP) is 3.65. The minimum absolute atomic E-state index is 0.104. The van der Waals surface area contributed by atoms with E-state index >= 15 is 0 Å². The van der Waals surface area contributed by atoms with E-state index in [4.69, 9.17) is 4.74 Å². The maximum Gasteiger partial charge on any atom is 0.251 e. The van der Waals surface area contributed by atoms with Crippen LogP contribution >= 0.6 is 0 Å². The van der Waals surface area contributed by atoms with Crippen molar-refractivity contribution in [2.75, 3.05) is 13.2 Å². The van der Waals surface area contributed by atoms with E-state index in [2.05, 4.69) is 5.32 Å². The predicted molar refractivity (Wildman–Crippen MR) is 104 cm³/mol. The average molecular weight is 387 g/mol. The lowest BCUT2D eigenvalue weighted by Gasteiger charge is -2.36. The largest absolute Gasteiger partial charge is 0.508 e. The van der Waals surface area contributed by atoms with Crippen LogP contribution in [0, 0.1) is 11.7 Å². The molecular formula is C22H26FNO4. The van der Waals surface area contributed by atoms with Crippen LogP contribution < -0.4 is 10.1 Å². The Kier molecular flexibility index (Phi) is 6.52. The SMILES string of the molecule is O=C(NC[C@]1(O)CC[C@H](CCOc2ccccc2F)CC1)c1ccc(O)cc1. The topological polar surface area (TPSA) is 78.8 Å².